The largest absolute Gasteiger partial charge is 0.445 e. The zero-order valence-electron chi connectivity index (χ0n) is 9.29. The van der Waals surface area contributed by atoms with Crippen LogP contribution in [0.25, 0.3) is 0 Å². The number of hydrogen-bond acceptors (Lipinski definition) is 3. The fourth-order valence-electron chi connectivity index (χ4n) is 1.21. The number of nitrogens with one attached hydrogen (secondary N) is 2. The van der Waals surface area contributed by atoms with Crippen LogP contribution in [0.3, 0.4) is 0 Å². The van der Waals surface area contributed by atoms with Crippen molar-refractivity contribution in [2.24, 2.45) is 0 Å². The molecule has 0 bridgehead atoms. The third kappa shape index (κ3) is 4.08. The number of benzene rings is 1. The van der Waals surface area contributed by atoms with Gasteiger partial charge in [0.1, 0.15) is 6.10 Å². The molecule has 1 aromatic carbocycles. The zero-order chi connectivity index (χ0) is 12.0. The normalized spacial score (nSPS) is 11.9. The molecule has 2 N–H and O–H groups in total. The maximum absolute atomic E-state index is 11.4. The highest BCUT2D eigenvalue weighted by atomic mass is 35.5. The Morgan fingerprint density at radius 1 is 1.50 bits per heavy atom. The van der Waals surface area contributed by atoms with Crippen LogP contribution in [0.15, 0.2) is 24.3 Å². The molecular formula is C11H15ClN2O2. The Morgan fingerprint density at radius 2 is 2.19 bits per heavy atom. The molecule has 0 radical (unpaired) electrons. The van der Waals surface area contributed by atoms with Crippen molar-refractivity contribution in [2.75, 3.05) is 18.9 Å². The maximum Gasteiger partial charge on any atom is 0.411 e. The maximum atomic E-state index is 11.4. The molecule has 0 saturated carbocycles. The molecule has 0 aromatic heterocycles. The van der Waals surface area contributed by atoms with Gasteiger partial charge in [0.25, 0.3) is 0 Å². The first-order valence-corrected chi connectivity index (χ1v) is 5.38. The van der Waals surface area contributed by atoms with Gasteiger partial charge in [0, 0.05) is 6.54 Å². The van der Waals surface area contributed by atoms with Gasteiger partial charge in [-0.15, -0.1) is 0 Å². The summed E-state index contributed by atoms with van der Waals surface area (Å²) in [6.45, 7) is 2.42. The van der Waals surface area contributed by atoms with E-state index < -0.39 is 6.09 Å². The van der Waals surface area contributed by atoms with Crippen molar-refractivity contribution >= 4 is 23.4 Å². The molecular weight excluding hydrogens is 228 g/mol. The average molecular weight is 243 g/mol. The number of para-hydroxylation sites is 1. The van der Waals surface area contributed by atoms with E-state index >= 15 is 0 Å². The summed E-state index contributed by atoms with van der Waals surface area (Å²) in [5, 5.41) is 5.98. The molecule has 0 fully saturated rings. The van der Waals surface area contributed by atoms with Crippen molar-refractivity contribution in [2.45, 2.75) is 13.0 Å². The van der Waals surface area contributed by atoms with E-state index in [1.54, 1.807) is 31.3 Å². The smallest absolute Gasteiger partial charge is 0.411 e. The third-order valence-electron chi connectivity index (χ3n) is 1.91. The Labute approximate surface area is 99.9 Å². The number of amides is 1. The van der Waals surface area contributed by atoms with E-state index in [0.717, 1.165) is 0 Å². The fraction of sp³-hybridized carbons (Fsp3) is 0.364. The summed E-state index contributed by atoms with van der Waals surface area (Å²) >= 11 is 5.88. The quantitative estimate of drug-likeness (QED) is 0.853. The van der Waals surface area contributed by atoms with E-state index in [0.29, 0.717) is 17.3 Å². The zero-order valence-corrected chi connectivity index (χ0v) is 10.0. The molecule has 0 saturated heterocycles. The number of ether oxygens (including phenoxy) is 1. The fourth-order valence-corrected chi connectivity index (χ4v) is 1.40. The number of halogens is 1. The van der Waals surface area contributed by atoms with Crippen LogP contribution in [0.2, 0.25) is 5.02 Å². The van der Waals surface area contributed by atoms with Gasteiger partial charge in [-0.2, -0.15) is 0 Å². The van der Waals surface area contributed by atoms with Crippen LogP contribution in [0.4, 0.5) is 10.5 Å². The summed E-state index contributed by atoms with van der Waals surface area (Å²) < 4.78 is 5.08. The summed E-state index contributed by atoms with van der Waals surface area (Å²) in [6, 6.07) is 7.00. The molecule has 1 amide bonds. The highest BCUT2D eigenvalue weighted by Crippen LogP contribution is 2.20. The second kappa shape index (κ2) is 6.35. The number of carbonyl (C=O) groups is 1. The Kier molecular flexibility index (Phi) is 5.08. The Morgan fingerprint density at radius 3 is 2.81 bits per heavy atom. The number of carbonyl (C=O) groups excluding carboxylic acids is 1. The molecule has 16 heavy (non-hydrogen) atoms. The molecule has 0 aliphatic heterocycles. The predicted octanol–water partition coefficient (Wildman–Crippen LogP) is 2.50. The lowest BCUT2D eigenvalue weighted by molar-refractivity contribution is 0.121. The first-order valence-electron chi connectivity index (χ1n) is 5.00. The summed E-state index contributed by atoms with van der Waals surface area (Å²) in [5.41, 5.74) is 0.547. The van der Waals surface area contributed by atoms with Crippen molar-refractivity contribution in [3.63, 3.8) is 0 Å². The summed E-state index contributed by atoms with van der Waals surface area (Å²) in [4.78, 5) is 11.4. The monoisotopic (exact) mass is 242 g/mol. The average Bonchev–Trinajstić information content (AvgIpc) is 2.21. The van der Waals surface area contributed by atoms with Gasteiger partial charge in [0.2, 0.25) is 0 Å². The number of likely N-dealkylation sites (N-methyl/N-ethyl adjacent to an activating group) is 1. The van der Waals surface area contributed by atoms with E-state index in [2.05, 4.69) is 10.6 Å². The minimum Gasteiger partial charge on any atom is -0.445 e. The van der Waals surface area contributed by atoms with Gasteiger partial charge in [0.05, 0.1) is 10.7 Å². The van der Waals surface area contributed by atoms with Gasteiger partial charge < -0.3 is 10.1 Å². The van der Waals surface area contributed by atoms with Crippen LogP contribution >= 0.6 is 11.6 Å². The van der Waals surface area contributed by atoms with Crippen molar-refractivity contribution in [3.8, 4) is 0 Å². The van der Waals surface area contributed by atoms with E-state index in [-0.39, 0.29) is 6.10 Å². The summed E-state index contributed by atoms with van der Waals surface area (Å²) in [6.07, 6.45) is -0.691. The molecule has 0 aliphatic carbocycles. The van der Waals surface area contributed by atoms with E-state index in [4.69, 9.17) is 16.3 Å². The molecule has 1 rings (SSSR count). The molecule has 0 spiro atoms. The Balaban J connectivity index is 2.49. The molecule has 5 heteroatoms. The van der Waals surface area contributed by atoms with Crippen molar-refractivity contribution in [3.05, 3.63) is 29.3 Å². The molecule has 1 atom stereocenters. The predicted molar refractivity (Wildman–Crippen MR) is 64.9 cm³/mol. The van der Waals surface area contributed by atoms with E-state index in [1.807, 2.05) is 6.92 Å². The van der Waals surface area contributed by atoms with Crippen LogP contribution in [0.5, 0.6) is 0 Å². The van der Waals surface area contributed by atoms with E-state index in [9.17, 15) is 4.79 Å². The minimum absolute atomic E-state index is 0.188. The number of hydrogen-bond donors (Lipinski definition) is 2. The van der Waals surface area contributed by atoms with Gasteiger partial charge >= 0.3 is 6.09 Å². The summed E-state index contributed by atoms with van der Waals surface area (Å²) in [7, 11) is 1.80. The second-order valence-corrected chi connectivity index (χ2v) is 3.79. The van der Waals surface area contributed by atoms with Crippen molar-refractivity contribution < 1.29 is 9.53 Å². The van der Waals surface area contributed by atoms with Gasteiger partial charge in [0.15, 0.2) is 0 Å². The van der Waals surface area contributed by atoms with Gasteiger partial charge in [-0.05, 0) is 26.1 Å². The molecule has 1 aromatic rings. The molecule has 88 valence electrons. The first kappa shape index (κ1) is 12.8. The van der Waals surface area contributed by atoms with Gasteiger partial charge in [-0.25, -0.2) is 4.79 Å². The lowest BCUT2D eigenvalue weighted by Crippen LogP contribution is -2.28. The van der Waals surface area contributed by atoms with Crippen LogP contribution < -0.4 is 10.6 Å². The lowest BCUT2D eigenvalue weighted by Gasteiger charge is -2.13. The molecule has 4 nitrogen and oxygen atoms in total. The minimum atomic E-state index is -0.504. The van der Waals surface area contributed by atoms with Crippen LogP contribution in [-0.2, 0) is 4.74 Å². The first-order chi connectivity index (χ1) is 7.63. The van der Waals surface area contributed by atoms with E-state index in [1.165, 1.54) is 0 Å². The second-order valence-electron chi connectivity index (χ2n) is 3.38. The highest BCUT2D eigenvalue weighted by Gasteiger charge is 2.09. The molecule has 0 aliphatic rings. The SMILES string of the molecule is CNCC(C)OC(=O)Nc1ccccc1Cl. The molecule has 1 unspecified atom stereocenters. The third-order valence-corrected chi connectivity index (χ3v) is 2.24. The standard InChI is InChI=1S/C11H15ClN2O2/c1-8(7-13-2)16-11(15)14-10-6-4-3-5-9(10)12/h3-6,8,13H,7H2,1-2H3,(H,14,15). The Hall–Kier alpha value is -1.26. The Bertz CT molecular complexity index is 358. The van der Waals surface area contributed by atoms with Crippen LogP contribution in [0, 0.1) is 0 Å². The van der Waals surface area contributed by atoms with Crippen molar-refractivity contribution in [1.29, 1.82) is 0 Å². The highest BCUT2D eigenvalue weighted by molar-refractivity contribution is 6.33. The number of anilines is 1. The lowest BCUT2D eigenvalue weighted by atomic mass is 10.3. The topological polar surface area (TPSA) is 50.4 Å². The summed E-state index contributed by atoms with van der Waals surface area (Å²) in [5.74, 6) is 0. The van der Waals surface area contributed by atoms with Crippen molar-refractivity contribution in [1.82, 2.24) is 5.32 Å². The van der Waals surface area contributed by atoms with Crippen LogP contribution in [-0.4, -0.2) is 25.8 Å². The van der Waals surface area contributed by atoms with Crippen LogP contribution in [0.1, 0.15) is 6.92 Å². The van der Waals surface area contributed by atoms with Gasteiger partial charge in [-0.3, -0.25) is 5.32 Å². The molecule has 0 heterocycles. The van der Waals surface area contributed by atoms with Gasteiger partial charge in [-0.1, -0.05) is 23.7 Å². The number of rotatable bonds is 4.